The van der Waals surface area contributed by atoms with E-state index in [4.69, 9.17) is 29.3 Å². The Labute approximate surface area is 184 Å². The van der Waals surface area contributed by atoms with Crippen LogP contribution in [-0.4, -0.2) is 50.5 Å². The van der Waals surface area contributed by atoms with Gasteiger partial charge in [0.1, 0.15) is 5.75 Å². The van der Waals surface area contributed by atoms with Crippen molar-refractivity contribution in [3.8, 4) is 28.5 Å². The van der Waals surface area contributed by atoms with Crippen molar-refractivity contribution < 1.29 is 34.4 Å². The van der Waals surface area contributed by atoms with Gasteiger partial charge in [-0.25, -0.2) is 14.6 Å². The maximum Gasteiger partial charge on any atom is 0.414 e. The molecule has 10 heteroatoms. The van der Waals surface area contributed by atoms with Gasteiger partial charge in [0.15, 0.2) is 11.5 Å². The molecule has 0 aliphatic heterocycles. The fraction of sp³-hybridized carbons (Fsp3) is 0.227. The van der Waals surface area contributed by atoms with Crippen molar-refractivity contribution in [2.75, 3.05) is 19.0 Å². The van der Waals surface area contributed by atoms with Gasteiger partial charge in [0, 0.05) is 19.2 Å². The normalized spacial score (nSPS) is 9.97. The Morgan fingerprint density at radius 2 is 1.75 bits per heavy atom. The Hall–Kier alpha value is -4.21. The number of carboxylic acid groups (broad SMARTS) is 2. The third-order valence-electron chi connectivity index (χ3n) is 4.33. The summed E-state index contributed by atoms with van der Waals surface area (Å²) in [4.78, 5) is 22.7. The van der Waals surface area contributed by atoms with E-state index in [1.807, 2.05) is 61.1 Å². The Morgan fingerprint density at radius 1 is 1.09 bits per heavy atom. The number of nitrogens with zero attached hydrogens (tertiary/aromatic N) is 2. The zero-order chi connectivity index (χ0) is 23.7. The van der Waals surface area contributed by atoms with Gasteiger partial charge >= 0.3 is 11.9 Å². The number of ether oxygens (including phenoxy) is 2. The van der Waals surface area contributed by atoms with Crippen molar-refractivity contribution in [3.63, 3.8) is 0 Å². The Kier molecular flexibility index (Phi) is 8.46. The number of carbonyl (C=O) groups is 2. The van der Waals surface area contributed by atoms with Gasteiger partial charge in [-0.2, -0.15) is 0 Å². The second-order valence-electron chi connectivity index (χ2n) is 6.45. The summed E-state index contributed by atoms with van der Waals surface area (Å²) in [6.07, 6.45) is 1.84. The molecule has 0 bridgehead atoms. The van der Waals surface area contributed by atoms with E-state index in [-0.39, 0.29) is 5.75 Å². The van der Waals surface area contributed by atoms with Crippen molar-refractivity contribution in [3.05, 3.63) is 54.2 Å². The van der Waals surface area contributed by atoms with Gasteiger partial charge in [-0.3, -0.25) is 0 Å². The topological polar surface area (TPSA) is 143 Å². The van der Waals surface area contributed by atoms with E-state index in [9.17, 15) is 5.11 Å². The van der Waals surface area contributed by atoms with Crippen molar-refractivity contribution in [1.82, 2.24) is 9.55 Å². The summed E-state index contributed by atoms with van der Waals surface area (Å²) < 4.78 is 12.6. The van der Waals surface area contributed by atoms with Gasteiger partial charge in [0.25, 0.3) is 0 Å². The number of phenolic OH excluding ortho intramolecular Hbond substituents is 1. The van der Waals surface area contributed by atoms with Crippen LogP contribution < -0.4 is 14.8 Å². The molecule has 0 spiro atoms. The van der Waals surface area contributed by atoms with E-state index >= 15 is 0 Å². The van der Waals surface area contributed by atoms with Gasteiger partial charge in [0.05, 0.1) is 25.6 Å². The number of aliphatic carboxylic acids is 2. The molecule has 3 rings (SSSR count). The molecule has 170 valence electrons. The highest BCUT2D eigenvalue weighted by Crippen LogP contribution is 2.28. The molecule has 4 N–H and O–H groups in total. The van der Waals surface area contributed by atoms with E-state index in [0.29, 0.717) is 18.9 Å². The third-order valence-corrected chi connectivity index (χ3v) is 4.33. The molecule has 0 saturated carbocycles. The number of carboxylic acids is 2. The lowest BCUT2D eigenvalue weighted by Gasteiger charge is -2.11. The predicted molar refractivity (Wildman–Crippen MR) is 117 cm³/mol. The number of hydrogen-bond donors (Lipinski definition) is 4. The van der Waals surface area contributed by atoms with Crippen LogP contribution >= 0.6 is 0 Å². The summed E-state index contributed by atoms with van der Waals surface area (Å²) in [5.74, 6) is -1.42. The summed E-state index contributed by atoms with van der Waals surface area (Å²) in [5.41, 5.74) is 3.08. The van der Waals surface area contributed by atoms with Crippen molar-refractivity contribution in [2.45, 2.75) is 13.5 Å². The predicted octanol–water partition coefficient (Wildman–Crippen LogP) is 2.97. The van der Waals surface area contributed by atoms with Gasteiger partial charge in [-0.15, -0.1) is 0 Å². The molecule has 0 aliphatic rings. The second-order valence-corrected chi connectivity index (χ2v) is 6.45. The summed E-state index contributed by atoms with van der Waals surface area (Å²) in [6.45, 7) is 2.97. The number of aromatic nitrogens is 2. The summed E-state index contributed by atoms with van der Waals surface area (Å²) in [5, 5.41) is 27.9. The number of hydrogen-bond acceptors (Lipinski definition) is 7. The summed E-state index contributed by atoms with van der Waals surface area (Å²) >= 11 is 0. The molecule has 1 heterocycles. The smallest absolute Gasteiger partial charge is 0.414 e. The van der Waals surface area contributed by atoms with Crippen LogP contribution in [-0.2, 0) is 23.2 Å². The maximum absolute atomic E-state index is 9.79. The lowest BCUT2D eigenvalue weighted by Crippen LogP contribution is -2.09. The average Bonchev–Trinajstić information content (AvgIpc) is 3.15. The average molecular weight is 443 g/mol. The number of methoxy groups -OCH3 is 1. The third kappa shape index (κ3) is 6.39. The minimum atomic E-state index is -1.82. The number of phenols is 1. The van der Waals surface area contributed by atoms with Crippen molar-refractivity contribution in [1.29, 1.82) is 0 Å². The molecule has 0 amide bonds. The SMILES string of the molecule is CCOc1cc(CNc2ncc(-c3ccc(OC)cc3)n2C)ccc1O.O=C(O)C(=O)O. The molecule has 10 nitrogen and oxygen atoms in total. The van der Waals surface area contributed by atoms with E-state index < -0.39 is 11.9 Å². The molecular formula is C22H25N3O7. The minimum absolute atomic E-state index is 0.148. The van der Waals surface area contributed by atoms with Crippen LogP contribution in [0.3, 0.4) is 0 Å². The largest absolute Gasteiger partial charge is 0.504 e. The first kappa shape index (κ1) is 24.1. The lowest BCUT2D eigenvalue weighted by molar-refractivity contribution is -0.159. The quantitative estimate of drug-likeness (QED) is 0.405. The van der Waals surface area contributed by atoms with Crippen LogP contribution in [0, 0.1) is 0 Å². The van der Waals surface area contributed by atoms with E-state index in [2.05, 4.69) is 10.3 Å². The summed E-state index contributed by atoms with van der Waals surface area (Å²) in [6, 6.07) is 13.2. The van der Waals surface area contributed by atoms with E-state index in [0.717, 1.165) is 28.5 Å². The monoisotopic (exact) mass is 443 g/mol. The summed E-state index contributed by atoms with van der Waals surface area (Å²) in [7, 11) is 3.62. The van der Waals surface area contributed by atoms with E-state index in [1.165, 1.54) is 0 Å². The van der Waals surface area contributed by atoms with Gasteiger partial charge < -0.3 is 34.7 Å². The molecule has 0 saturated heterocycles. The standard InChI is InChI=1S/C20H23N3O3.C2H2O4/c1-4-26-19-11-14(5-10-18(19)24)12-21-20-22-13-17(23(20)2)15-6-8-16(25-3)9-7-15;3-1(4)2(5)6/h5-11,13,24H,4,12H2,1-3H3,(H,21,22);(H,3,4)(H,5,6). The zero-order valence-corrected chi connectivity index (χ0v) is 17.9. The highest BCUT2D eigenvalue weighted by molar-refractivity contribution is 6.27. The first-order chi connectivity index (χ1) is 15.3. The first-order valence-corrected chi connectivity index (χ1v) is 9.57. The molecule has 3 aromatic rings. The first-order valence-electron chi connectivity index (χ1n) is 9.57. The van der Waals surface area contributed by atoms with Crippen molar-refractivity contribution in [2.24, 2.45) is 7.05 Å². The van der Waals surface area contributed by atoms with Crippen LogP contribution in [0.15, 0.2) is 48.7 Å². The van der Waals surface area contributed by atoms with Gasteiger partial charge in [-0.1, -0.05) is 6.07 Å². The highest BCUT2D eigenvalue weighted by Gasteiger charge is 2.10. The molecule has 32 heavy (non-hydrogen) atoms. The highest BCUT2D eigenvalue weighted by atomic mass is 16.5. The Morgan fingerprint density at radius 3 is 2.31 bits per heavy atom. The van der Waals surface area contributed by atoms with Crippen molar-refractivity contribution >= 4 is 17.9 Å². The maximum atomic E-state index is 9.79. The molecule has 0 unspecified atom stereocenters. The number of benzene rings is 2. The van der Waals surface area contributed by atoms with Gasteiger partial charge in [0.2, 0.25) is 5.95 Å². The zero-order valence-electron chi connectivity index (χ0n) is 17.9. The number of imidazole rings is 1. The van der Waals surface area contributed by atoms with Crippen LogP contribution in [0.25, 0.3) is 11.3 Å². The second kappa shape index (κ2) is 11.3. The minimum Gasteiger partial charge on any atom is -0.504 e. The van der Waals surface area contributed by atoms with Crippen LogP contribution in [0.5, 0.6) is 17.2 Å². The fourth-order valence-corrected chi connectivity index (χ4v) is 2.72. The lowest BCUT2D eigenvalue weighted by atomic mass is 10.1. The molecule has 2 aromatic carbocycles. The molecule has 0 fully saturated rings. The molecular weight excluding hydrogens is 418 g/mol. The van der Waals surface area contributed by atoms with E-state index in [1.54, 1.807) is 13.2 Å². The molecule has 0 radical (unpaired) electrons. The van der Waals surface area contributed by atoms with Crippen LogP contribution in [0.4, 0.5) is 5.95 Å². The van der Waals surface area contributed by atoms with Crippen LogP contribution in [0.1, 0.15) is 12.5 Å². The molecule has 0 aliphatic carbocycles. The fourth-order valence-electron chi connectivity index (χ4n) is 2.72. The number of aromatic hydroxyl groups is 1. The molecule has 0 atom stereocenters. The van der Waals surface area contributed by atoms with Gasteiger partial charge in [-0.05, 0) is 48.9 Å². The Balaban J connectivity index is 0.000000534. The molecule has 1 aromatic heterocycles. The number of anilines is 1. The van der Waals surface area contributed by atoms with Crippen LogP contribution in [0.2, 0.25) is 0 Å². The number of rotatable bonds is 7. The Bertz CT molecular complexity index is 1050. The number of nitrogens with one attached hydrogen (secondary N) is 1.